The van der Waals surface area contributed by atoms with E-state index in [2.05, 4.69) is 0 Å². The van der Waals surface area contributed by atoms with Gasteiger partial charge in [-0.15, -0.1) is 0 Å². The fourth-order valence-electron chi connectivity index (χ4n) is 0.456. The third-order valence-electron chi connectivity index (χ3n) is 0.923. The average molecular weight is 190 g/mol. The molecule has 0 atom stereocenters. The number of hydrogen-bond acceptors (Lipinski definition) is 1. The molecule has 0 aromatic rings. The first-order valence-corrected chi connectivity index (χ1v) is 2.83. The molecule has 0 aromatic carbocycles. The van der Waals surface area contributed by atoms with Crippen molar-refractivity contribution in [2.24, 2.45) is 0 Å². The van der Waals surface area contributed by atoms with Crippen LogP contribution in [0.5, 0.6) is 0 Å². The summed E-state index contributed by atoms with van der Waals surface area (Å²) in [6.07, 6.45) is 2.46. The molecule has 0 aliphatic carbocycles. The van der Waals surface area contributed by atoms with Crippen LogP contribution in [0.1, 0.15) is 33.1 Å². The molecule has 0 amide bonds. The van der Waals surface area contributed by atoms with Gasteiger partial charge in [-0.3, -0.25) is 4.79 Å². The van der Waals surface area contributed by atoms with E-state index in [0.717, 1.165) is 12.8 Å². The Morgan fingerprint density at radius 3 is 2.00 bits per heavy atom. The standard InChI is InChI=1S/C6H12O.Sr.2H/c1-3-5-6(7)4-2;;;/h3-5H2,1-2H3;;;. The molecular formula is C6H14OSr. The number of hydrogen-bond donors (Lipinski definition) is 0. The molecule has 0 rings (SSSR count). The Bertz CT molecular complexity index is 61.5. The van der Waals surface area contributed by atoms with Gasteiger partial charge in [0.05, 0.1) is 0 Å². The molecule has 0 aliphatic heterocycles. The van der Waals surface area contributed by atoms with Crippen LogP contribution in [0.2, 0.25) is 0 Å². The summed E-state index contributed by atoms with van der Waals surface area (Å²) >= 11 is 0. The molecule has 0 aliphatic rings. The molecule has 8 heavy (non-hydrogen) atoms. The summed E-state index contributed by atoms with van der Waals surface area (Å²) in [4.78, 5) is 10.4. The van der Waals surface area contributed by atoms with Gasteiger partial charge in [-0.05, 0) is 6.42 Å². The van der Waals surface area contributed by atoms with Crippen molar-refractivity contribution in [3.8, 4) is 0 Å². The van der Waals surface area contributed by atoms with E-state index in [1.165, 1.54) is 0 Å². The molecule has 0 aromatic heterocycles. The summed E-state index contributed by atoms with van der Waals surface area (Å²) in [5.41, 5.74) is 0. The number of Topliss-reactive ketones (excluding diaryl/α,β-unsaturated/α-hetero) is 1. The zero-order chi connectivity index (χ0) is 5.70. The second kappa shape index (κ2) is 8.15. The molecule has 0 unspecified atom stereocenters. The van der Waals surface area contributed by atoms with Crippen LogP contribution in [0.15, 0.2) is 0 Å². The van der Waals surface area contributed by atoms with Crippen molar-refractivity contribution in [1.82, 2.24) is 0 Å². The van der Waals surface area contributed by atoms with Gasteiger partial charge in [-0.1, -0.05) is 13.8 Å². The van der Waals surface area contributed by atoms with Crippen LogP contribution < -0.4 is 0 Å². The van der Waals surface area contributed by atoms with Crippen molar-refractivity contribution in [3.05, 3.63) is 0 Å². The van der Waals surface area contributed by atoms with Crippen molar-refractivity contribution in [3.63, 3.8) is 0 Å². The fraction of sp³-hybridized carbons (Fsp3) is 0.833. The van der Waals surface area contributed by atoms with Crippen LogP contribution in [-0.4, -0.2) is 51.3 Å². The van der Waals surface area contributed by atoms with Crippen LogP contribution in [0, 0.1) is 0 Å². The first kappa shape index (κ1) is 11.9. The van der Waals surface area contributed by atoms with Gasteiger partial charge in [0.25, 0.3) is 0 Å². The molecule has 0 fully saturated rings. The Hall–Kier alpha value is 1.15. The predicted molar refractivity (Wildman–Crippen MR) is 38.8 cm³/mol. The Balaban J connectivity index is 0. The number of ketones is 1. The molecule has 0 N–H and O–H groups in total. The maximum atomic E-state index is 10.4. The molecule has 2 heteroatoms. The van der Waals surface area contributed by atoms with E-state index in [-0.39, 0.29) is 45.5 Å². The Kier molecular flexibility index (Phi) is 12.1. The van der Waals surface area contributed by atoms with Gasteiger partial charge in [-0.2, -0.15) is 0 Å². The van der Waals surface area contributed by atoms with Gasteiger partial charge < -0.3 is 0 Å². The number of carbonyl (C=O) groups is 1. The quantitative estimate of drug-likeness (QED) is 0.602. The van der Waals surface area contributed by atoms with E-state index < -0.39 is 0 Å². The van der Waals surface area contributed by atoms with Crippen molar-refractivity contribution < 1.29 is 4.79 Å². The van der Waals surface area contributed by atoms with Crippen molar-refractivity contribution >= 4 is 51.3 Å². The second-order valence-corrected chi connectivity index (χ2v) is 1.64. The molecule has 0 saturated heterocycles. The van der Waals surface area contributed by atoms with Crippen LogP contribution in [0.25, 0.3) is 0 Å². The topological polar surface area (TPSA) is 17.1 Å². The number of carbonyl (C=O) groups excluding carboxylic acids is 1. The van der Waals surface area contributed by atoms with Crippen molar-refractivity contribution in [2.75, 3.05) is 0 Å². The predicted octanol–water partition coefficient (Wildman–Crippen LogP) is 0.849. The molecule has 0 saturated carbocycles. The SMILES string of the molecule is CCCC(=O)CC.[SrH2]. The first-order chi connectivity index (χ1) is 3.31. The monoisotopic (exact) mass is 190 g/mol. The van der Waals surface area contributed by atoms with E-state index >= 15 is 0 Å². The second-order valence-electron chi connectivity index (χ2n) is 1.64. The van der Waals surface area contributed by atoms with E-state index in [0.29, 0.717) is 12.2 Å². The third-order valence-corrected chi connectivity index (χ3v) is 0.923. The molecule has 1 nitrogen and oxygen atoms in total. The summed E-state index contributed by atoms with van der Waals surface area (Å²) in [6, 6.07) is 0. The van der Waals surface area contributed by atoms with Gasteiger partial charge in [0.2, 0.25) is 0 Å². The van der Waals surface area contributed by atoms with E-state index in [9.17, 15) is 4.79 Å². The van der Waals surface area contributed by atoms with E-state index in [1.54, 1.807) is 0 Å². The van der Waals surface area contributed by atoms with Gasteiger partial charge >= 0.3 is 45.5 Å². The molecule has 0 radical (unpaired) electrons. The van der Waals surface area contributed by atoms with Crippen LogP contribution in [0.3, 0.4) is 0 Å². The number of rotatable bonds is 3. The zero-order valence-corrected chi connectivity index (χ0v) is 5.03. The Morgan fingerprint density at radius 2 is 1.88 bits per heavy atom. The Labute approximate surface area is 88.1 Å². The van der Waals surface area contributed by atoms with Gasteiger partial charge in [0.15, 0.2) is 0 Å². The third kappa shape index (κ3) is 7.15. The van der Waals surface area contributed by atoms with Crippen LogP contribution in [0.4, 0.5) is 0 Å². The Morgan fingerprint density at radius 1 is 1.38 bits per heavy atom. The van der Waals surface area contributed by atoms with E-state index in [4.69, 9.17) is 0 Å². The van der Waals surface area contributed by atoms with Crippen molar-refractivity contribution in [1.29, 1.82) is 0 Å². The summed E-state index contributed by atoms with van der Waals surface area (Å²) < 4.78 is 0. The molecular weight excluding hydrogens is 176 g/mol. The van der Waals surface area contributed by atoms with Crippen LogP contribution >= 0.6 is 0 Å². The van der Waals surface area contributed by atoms with Gasteiger partial charge in [0, 0.05) is 12.8 Å². The summed E-state index contributed by atoms with van der Waals surface area (Å²) in [6.45, 7) is 3.92. The summed E-state index contributed by atoms with van der Waals surface area (Å²) in [5, 5.41) is 0. The molecule has 0 heterocycles. The zero-order valence-electron chi connectivity index (χ0n) is 5.03. The van der Waals surface area contributed by atoms with Gasteiger partial charge in [0.1, 0.15) is 5.78 Å². The first-order valence-electron chi connectivity index (χ1n) is 2.83. The van der Waals surface area contributed by atoms with Gasteiger partial charge in [-0.25, -0.2) is 0 Å². The molecule has 0 bridgehead atoms. The fourth-order valence-corrected chi connectivity index (χ4v) is 0.456. The van der Waals surface area contributed by atoms with Crippen LogP contribution in [-0.2, 0) is 4.79 Å². The summed E-state index contributed by atoms with van der Waals surface area (Å²) in [5.74, 6) is 0.377. The minimum atomic E-state index is 0. The molecule has 0 spiro atoms. The average Bonchev–Trinajstić information content (AvgIpc) is 1.68. The minimum absolute atomic E-state index is 0. The van der Waals surface area contributed by atoms with E-state index in [1.807, 2.05) is 13.8 Å². The molecule has 46 valence electrons. The summed E-state index contributed by atoms with van der Waals surface area (Å²) in [7, 11) is 0. The maximum absolute atomic E-state index is 10.4. The van der Waals surface area contributed by atoms with Crippen molar-refractivity contribution in [2.45, 2.75) is 33.1 Å². The normalized spacial score (nSPS) is 7.75.